The Morgan fingerprint density at radius 1 is 0.420 bits per heavy atom. The van der Waals surface area contributed by atoms with Gasteiger partial charge in [-0.05, 0) is 148 Å². The first kappa shape index (κ1) is 28.9. The molecule has 0 N–H and O–H groups in total. The van der Waals surface area contributed by atoms with Crippen LogP contribution in [0.4, 0.5) is 17.1 Å². The smallest absolute Gasteiger partial charge is 0.0465 e. The predicted molar refractivity (Wildman–Crippen MR) is 207 cm³/mol. The van der Waals surface area contributed by atoms with Crippen molar-refractivity contribution in [2.24, 2.45) is 23.7 Å². The third kappa shape index (κ3) is 3.84. The summed E-state index contributed by atoms with van der Waals surface area (Å²) in [6, 6.07) is 53.2. The molecule has 6 aliphatic rings. The van der Waals surface area contributed by atoms with Gasteiger partial charge in [0.25, 0.3) is 0 Å². The van der Waals surface area contributed by atoms with Crippen LogP contribution in [0.15, 0.2) is 140 Å². The van der Waals surface area contributed by atoms with Crippen LogP contribution < -0.4 is 4.90 Å². The molecule has 4 saturated carbocycles. The zero-order valence-corrected chi connectivity index (χ0v) is 29.1. The molecule has 244 valence electrons. The number of benzene rings is 6. The molecule has 0 radical (unpaired) electrons. The van der Waals surface area contributed by atoms with E-state index in [1.54, 1.807) is 11.1 Å². The van der Waals surface area contributed by atoms with E-state index in [1.165, 1.54) is 93.7 Å². The third-order valence-electron chi connectivity index (χ3n) is 13.9. The second-order valence-corrected chi connectivity index (χ2v) is 16.6. The summed E-state index contributed by atoms with van der Waals surface area (Å²) in [5, 5.41) is 0. The van der Waals surface area contributed by atoms with Crippen molar-refractivity contribution in [3.63, 3.8) is 0 Å². The van der Waals surface area contributed by atoms with Crippen molar-refractivity contribution in [2.75, 3.05) is 4.90 Å². The van der Waals surface area contributed by atoms with Crippen molar-refractivity contribution in [3.05, 3.63) is 162 Å². The molecule has 0 saturated heterocycles. The molecule has 0 unspecified atom stereocenters. The fraction of sp³-hybridized carbons (Fsp3) is 0.265. The summed E-state index contributed by atoms with van der Waals surface area (Å²) in [5.74, 6) is 3.35. The first-order valence-electron chi connectivity index (χ1n) is 18.9. The molecule has 0 atom stereocenters. The lowest BCUT2D eigenvalue weighted by atomic mass is 9.43. The van der Waals surface area contributed by atoms with Gasteiger partial charge in [0.15, 0.2) is 0 Å². The Kier molecular flexibility index (Phi) is 5.97. The molecule has 4 bridgehead atoms. The van der Waals surface area contributed by atoms with Crippen molar-refractivity contribution < 1.29 is 0 Å². The highest BCUT2D eigenvalue weighted by atomic mass is 15.1. The van der Waals surface area contributed by atoms with Crippen LogP contribution in [0, 0.1) is 23.7 Å². The maximum absolute atomic E-state index is 2.63. The van der Waals surface area contributed by atoms with Crippen molar-refractivity contribution in [2.45, 2.75) is 56.8 Å². The lowest BCUT2D eigenvalue weighted by Crippen LogP contribution is -2.55. The van der Waals surface area contributed by atoms with E-state index in [2.05, 4.69) is 158 Å². The van der Waals surface area contributed by atoms with E-state index in [-0.39, 0.29) is 10.8 Å². The fourth-order valence-corrected chi connectivity index (χ4v) is 12.0. The highest BCUT2D eigenvalue weighted by Crippen LogP contribution is 2.69. The summed E-state index contributed by atoms with van der Waals surface area (Å²) < 4.78 is 0. The lowest BCUT2D eigenvalue weighted by Gasteiger charge is -2.61. The van der Waals surface area contributed by atoms with Crippen LogP contribution in [0.5, 0.6) is 0 Å². The summed E-state index contributed by atoms with van der Waals surface area (Å²) in [7, 11) is 0. The maximum atomic E-state index is 2.63. The number of hydrogen-bond acceptors (Lipinski definition) is 1. The molecule has 4 fully saturated rings. The minimum Gasteiger partial charge on any atom is -0.310 e. The second kappa shape index (κ2) is 10.3. The number of nitrogens with zero attached hydrogens (tertiary/aromatic N) is 1. The molecule has 1 nitrogen and oxygen atoms in total. The van der Waals surface area contributed by atoms with Crippen LogP contribution in [0.1, 0.15) is 68.2 Å². The summed E-state index contributed by atoms with van der Waals surface area (Å²) >= 11 is 0. The quantitative estimate of drug-likeness (QED) is 0.184. The molecule has 50 heavy (non-hydrogen) atoms. The van der Waals surface area contributed by atoms with E-state index in [4.69, 9.17) is 0 Å². The average Bonchev–Trinajstić information content (AvgIpc) is 3.57. The summed E-state index contributed by atoms with van der Waals surface area (Å²) in [5.41, 5.74) is 18.0. The molecule has 6 aliphatic carbocycles. The minimum absolute atomic E-state index is 0.0607. The third-order valence-corrected chi connectivity index (χ3v) is 13.9. The number of fused-ring (bicyclic) bond motifs is 6. The van der Waals surface area contributed by atoms with Gasteiger partial charge in [0.05, 0.1) is 0 Å². The van der Waals surface area contributed by atoms with Crippen molar-refractivity contribution in [3.8, 4) is 33.4 Å². The van der Waals surface area contributed by atoms with Gasteiger partial charge in [0, 0.05) is 27.9 Å². The number of hydrogen-bond donors (Lipinski definition) is 0. The highest BCUT2D eigenvalue weighted by Gasteiger charge is 2.61. The van der Waals surface area contributed by atoms with Crippen molar-refractivity contribution in [1.29, 1.82) is 0 Å². The van der Waals surface area contributed by atoms with Gasteiger partial charge in [-0.1, -0.05) is 117 Å². The van der Waals surface area contributed by atoms with E-state index in [0.29, 0.717) is 0 Å². The number of anilines is 3. The topological polar surface area (TPSA) is 3.24 Å². The number of rotatable bonds is 4. The molecule has 12 rings (SSSR count). The van der Waals surface area contributed by atoms with Gasteiger partial charge in [-0.25, -0.2) is 0 Å². The minimum atomic E-state index is -0.0607. The van der Waals surface area contributed by atoms with E-state index in [1.807, 2.05) is 0 Å². The summed E-state index contributed by atoms with van der Waals surface area (Å²) in [4.78, 5) is 2.54. The Balaban J connectivity index is 1.10. The Bertz CT molecular complexity index is 2280. The average molecular weight is 646 g/mol. The SMILES string of the molecule is CC1(C)c2ccccc2-c2ccc(N(c3ccc(-c4ccccc4)cc3)c3ccc4c(c3)C3(c5ccccc5-4)C4CC5CC(C4)CC3C5)cc21. The van der Waals surface area contributed by atoms with Gasteiger partial charge >= 0.3 is 0 Å². The Morgan fingerprint density at radius 2 is 0.900 bits per heavy atom. The van der Waals surface area contributed by atoms with E-state index in [9.17, 15) is 0 Å². The molecule has 1 heteroatoms. The summed E-state index contributed by atoms with van der Waals surface area (Å²) in [6.07, 6.45) is 7.07. The van der Waals surface area contributed by atoms with Crippen LogP contribution in [0.3, 0.4) is 0 Å². The molecule has 0 aromatic heterocycles. The predicted octanol–water partition coefficient (Wildman–Crippen LogP) is 12.9. The van der Waals surface area contributed by atoms with Gasteiger partial charge in [0.1, 0.15) is 0 Å². The first-order chi connectivity index (χ1) is 24.5. The van der Waals surface area contributed by atoms with Crippen molar-refractivity contribution in [1.82, 2.24) is 0 Å². The molecule has 0 heterocycles. The molecular formula is C49H43N. The molecule has 6 aromatic carbocycles. The van der Waals surface area contributed by atoms with Crippen LogP contribution in [-0.4, -0.2) is 0 Å². The van der Waals surface area contributed by atoms with Gasteiger partial charge in [0.2, 0.25) is 0 Å². The monoisotopic (exact) mass is 645 g/mol. The molecule has 0 aliphatic heterocycles. The zero-order valence-electron chi connectivity index (χ0n) is 29.1. The zero-order chi connectivity index (χ0) is 33.2. The molecule has 6 aromatic rings. The van der Waals surface area contributed by atoms with Gasteiger partial charge in [-0.3, -0.25) is 0 Å². The first-order valence-corrected chi connectivity index (χ1v) is 18.9. The van der Waals surface area contributed by atoms with Gasteiger partial charge in [-0.2, -0.15) is 0 Å². The summed E-state index contributed by atoms with van der Waals surface area (Å²) in [6.45, 7) is 4.78. The standard InChI is InChI=1S/C49H43N/c1-48(2)44-14-8-6-12-40(44)42-22-20-38(29-46(42)48)50(37-18-16-34(17-19-37)33-10-4-3-5-11-33)39-21-23-43-41-13-7-9-15-45(41)49(47(43)30-39)35-25-31-24-32(27-35)28-36(49)26-31/h3-23,29-32,35-36H,24-28H2,1-2H3. The van der Waals surface area contributed by atoms with E-state index in [0.717, 1.165) is 23.7 Å². The largest absolute Gasteiger partial charge is 0.310 e. The molecule has 0 amide bonds. The van der Waals surface area contributed by atoms with Crippen LogP contribution >= 0.6 is 0 Å². The normalized spacial score (nSPS) is 25.6. The highest BCUT2D eigenvalue weighted by molar-refractivity contribution is 5.89. The molecular weight excluding hydrogens is 603 g/mol. The molecule has 1 spiro atoms. The Hall–Kier alpha value is -4.88. The Morgan fingerprint density at radius 3 is 1.56 bits per heavy atom. The van der Waals surface area contributed by atoms with Crippen molar-refractivity contribution >= 4 is 17.1 Å². The van der Waals surface area contributed by atoms with Gasteiger partial charge < -0.3 is 4.90 Å². The van der Waals surface area contributed by atoms with E-state index < -0.39 is 0 Å². The van der Waals surface area contributed by atoms with Gasteiger partial charge in [-0.15, -0.1) is 0 Å². The Labute approximate surface area is 296 Å². The van der Waals surface area contributed by atoms with Crippen LogP contribution in [0.2, 0.25) is 0 Å². The lowest BCUT2D eigenvalue weighted by molar-refractivity contribution is -0.0399. The second-order valence-electron chi connectivity index (χ2n) is 16.6. The fourth-order valence-electron chi connectivity index (χ4n) is 12.0. The van der Waals surface area contributed by atoms with Crippen LogP contribution in [-0.2, 0) is 10.8 Å². The van der Waals surface area contributed by atoms with Crippen LogP contribution in [0.25, 0.3) is 33.4 Å². The maximum Gasteiger partial charge on any atom is 0.0465 e. The van der Waals surface area contributed by atoms with E-state index >= 15 is 0 Å².